The lowest BCUT2D eigenvalue weighted by molar-refractivity contribution is -0.155. The first-order chi connectivity index (χ1) is 11.1. The van der Waals surface area contributed by atoms with E-state index < -0.39 is 17.6 Å². The first-order valence-electron chi connectivity index (χ1n) is 7.64. The van der Waals surface area contributed by atoms with Crippen LogP contribution >= 0.6 is 11.6 Å². The molecule has 0 unspecified atom stereocenters. The minimum Gasteiger partial charge on any atom is -0.452 e. The lowest BCUT2D eigenvalue weighted by atomic mass is 10.1. The summed E-state index contributed by atoms with van der Waals surface area (Å²) in [6, 6.07) is 6.41. The maximum atomic E-state index is 11.9. The number of hydrogen-bond acceptors (Lipinski definition) is 4. The van der Waals surface area contributed by atoms with Crippen molar-refractivity contribution in [2.75, 3.05) is 6.54 Å². The molecule has 2 N–H and O–H groups in total. The van der Waals surface area contributed by atoms with Gasteiger partial charge in [-0.2, -0.15) is 0 Å². The number of benzene rings is 1. The summed E-state index contributed by atoms with van der Waals surface area (Å²) < 4.78 is 5.04. The van der Waals surface area contributed by atoms with Crippen LogP contribution in [0.5, 0.6) is 0 Å². The third-order valence-electron chi connectivity index (χ3n) is 2.90. The topological polar surface area (TPSA) is 84.5 Å². The van der Waals surface area contributed by atoms with E-state index in [-0.39, 0.29) is 24.8 Å². The van der Waals surface area contributed by atoms with Gasteiger partial charge in [0.1, 0.15) is 0 Å². The number of carbonyl (C=O) groups excluding carboxylic acids is 3. The lowest BCUT2D eigenvalue weighted by Crippen LogP contribution is -2.46. The van der Waals surface area contributed by atoms with Crippen LogP contribution < -0.4 is 10.6 Å². The quantitative estimate of drug-likeness (QED) is 0.768. The monoisotopic (exact) mass is 354 g/mol. The molecule has 132 valence electrons. The average Bonchev–Trinajstić information content (AvgIpc) is 2.45. The Kier molecular flexibility index (Phi) is 7.22. The highest BCUT2D eigenvalue weighted by Gasteiger charge is 2.22. The molecule has 0 aliphatic rings. The summed E-state index contributed by atoms with van der Waals surface area (Å²) in [5.41, 5.74) is 0.0512. The van der Waals surface area contributed by atoms with E-state index in [1.165, 1.54) is 6.92 Å². The molecule has 1 aromatic rings. The molecule has 1 aromatic carbocycles. The molecular weight excluding hydrogens is 332 g/mol. The standard InChI is InChI=1S/C17H23ClN2O4/c1-11(15(22)20-17(2,3)4)24-14(21)9-10-19-16(23)12-5-7-13(18)8-6-12/h5-8,11H,9-10H2,1-4H3,(H,19,23)(H,20,22)/t11-/m1/s1. The normalized spacial score (nSPS) is 12.2. The first-order valence-corrected chi connectivity index (χ1v) is 8.01. The maximum absolute atomic E-state index is 11.9. The largest absolute Gasteiger partial charge is 0.452 e. The van der Waals surface area contributed by atoms with Gasteiger partial charge >= 0.3 is 5.97 Å². The number of ether oxygens (including phenoxy) is 1. The Balaban J connectivity index is 2.34. The Hall–Kier alpha value is -2.08. The number of hydrogen-bond donors (Lipinski definition) is 2. The number of esters is 1. The predicted molar refractivity (Wildman–Crippen MR) is 91.9 cm³/mol. The molecule has 7 heteroatoms. The van der Waals surface area contributed by atoms with E-state index in [1.807, 2.05) is 20.8 Å². The number of carbonyl (C=O) groups is 3. The lowest BCUT2D eigenvalue weighted by Gasteiger charge is -2.23. The van der Waals surface area contributed by atoms with E-state index in [0.717, 1.165) is 0 Å². The van der Waals surface area contributed by atoms with Gasteiger partial charge < -0.3 is 15.4 Å². The van der Waals surface area contributed by atoms with Crippen molar-refractivity contribution in [2.24, 2.45) is 0 Å². The molecule has 0 heterocycles. The summed E-state index contributed by atoms with van der Waals surface area (Å²) in [7, 11) is 0. The van der Waals surface area contributed by atoms with Gasteiger partial charge in [-0.15, -0.1) is 0 Å². The van der Waals surface area contributed by atoms with Gasteiger partial charge in [-0.3, -0.25) is 14.4 Å². The van der Waals surface area contributed by atoms with E-state index in [0.29, 0.717) is 10.6 Å². The smallest absolute Gasteiger partial charge is 0.308 e. The summed E-state index contributed by atoms with van der Waals surface area (Å²) in [5, 5.41) is 5.87. The molecule has 0 fully saturated rings. The molecule has 24 heavy (non-hydrogen) atoms. The minimum absolute atomic E-state index is 0.0214. The van der Waals surface area contributed by atoms with Crippen molar-refractivity contribution in [3.05, 3.63) is 34.9 Å². The zero-order valence-electron chi connectivity index (χ0n) is 14.3. The van der Waals surface area contributed by atoms with Gasteiger partial charge in [0.25, 0.3) is 11.8 Å². The highest BCUT2D eigenvalue weighted by Crippen LogP contribution is 2.09. The molecule has 0 aliphatic heterocycles. The van der Waals surface area contributed by atoms with Crippen LogP contribution in [0, 0.1) is 0 Å². The van der Waals surface area contributed by atoms with E-state index >= 15 is 0 Å². The van der Waals surface area contributed by atoms with Crippen molar-refractivity contribution in [1.82, 2.24) is 10.6 Å². The number of nitrogens with one attached hydrogen (secondary N) is 2. The van der Waals surface area contributed by atoms with E-state index in [1.54, 1.807) is 24.3 Å². The van der Waals surface area contributed by atoms with Gasteiger partial charge in [0.2, 0.25) is 0 Å². The van der Waals surface area contributed by atoms with Crippen LogP contribution in [0.3, 0.4) is 0 Å². The summed E-state index contributed by atoms with van der Waals surface area (Å²) in [4.78, 5) is 35.4. The van der Waals surface area contributed by atoms with E-state index in [9.17, 15) is 14.4 Å². The number of rotatable bonds is 6. The molecule has 1 atom stereocenters. The van der Waals surface area contributed by atoms with Crippen molar-refractivity contribution in [3.8, 4) is 0 Å². The molecule has 0 aromatic heterocycles. The predicted octanol–water partition coefficient (Wildman–Crippen LogP) is 2.31. The van der Waals surface area contributed by atoms with E-state index in [2.05, 4.69) is 10.6 Å². The fourth-order valence-corrected chi connectivity index (χ4v) is 1.89. The minimum atomic E-state index is -0.885. The molecule has 6 nitrogen and oxygen atoms in total. The van der Waals surface area contributed by atoms with Gasteiger partial charge in [-0.1, -0.05) is 11.6 Å². The van der Waals surface area contributed by atoms with Gasteiger partial charge in [0, 0.05) is 22.7 Å². The molecule has 0 saturated heterocycles. The summed E-state index contributed by atoms with van der Waals surface area (Å²) in [5.74, 6) is -1.22. The third-order valence-corrected chi connectivity index (χ3v) is 3.15. The zero-order chi connectivity index (χ0) is 18.3. The summed E-state index contributed by atoms with van der Waals surface area (Å²) >= 11 is 5.75. The Morgan fingerprint density at radius 2 is 1.75 bits per heavy atom. The highest BCUT2D eigenvalue weighted by molar-refractivity contribution is 6.30. The van der Waals surface area contributed by atoms with Crippen molar-refractivity contribution < 1.29 is 19.1 Å². The fraction of sp³-hybridized carbons (Fsp3) is 0.471. The Labute approximate surface area is 146 Å². The highest BCUT2D eigenvalue weighted by atomic mass is 35.5. The van der Waals surface area contributed by atoms with Crippen LogP contribution in [0.15, 0.2) is 24.3 Å². The summed E-state index contributed by atoms with van der Waals surface area (Å²) in [6.07, 6.45) is -0.907. The molecule has 0 radical (unpaired) electrons. The second kappa shape index (κ2) is 8.68. The maximum Gasteiger partial charge on any atom is 0.308 e. The number of amides is 2. The van der Waals surface area contributed by atoms with Gasteiger partial charge in [0.15, 0.2) is 6.10 Å². The van der Waals surface area contributed by atoms with Crippen LogP contribution in [0.25, 0.3) is 0 Å². The van der Waals surface area contributed by atoms with Crippen molar-refractivity contribution in [2.45, 2.75) is 45.8 Å². The molecule has 2 amide bonds. The zero-order valence-corrected chi connectivity index (χ0v) is 15.1. The molecule has 0 saturated carbocycles. The number of halogens is 1. The van der Waals surface area contributed by atoms with Crippen LogP contribution in [0.2, 0.25) is 5.02 Å². The van der Waals surface area contributed by atoms with Crippen molar-refractivity contribution in [1.29, 1.82) is 0 Å². The van der Waals surface area contributed by atoms with Crippen LogP contribution in [-0.4, -0.2) is 36.0 Å². The Bertz CT molecular complexity index is 594. The molecule has 0 aliphatic carbocycles. The SMILES string of the molecule is C[C@@H](OC(=O)CCNC(=O)c1ccc(Cl)cc1)C(=O)NC(C)(C)C. The van der Waals surface area contributed by atoms with E-state index in [4.69, 9.17) is 16.3 Å². The van der Waals surface area contributed by atoms with Gasteiger partial charge in [-0.25, -0.2) is 0 Å². The first kappa shape index (κ1) is 20.0. The molecule has 0 spiro atoms. The third kappa shape index (κ3) is 7.46. The second-order valence-corrected chi connectivity index (χ2v) is 6.82. The molecule has 0 bridgehead atoms. The Morgan fingerprint density at radius 1 is 1.17 bits per heavy atom. The fourth-order valence-electron chi connectivity index (χ4n) is 1.76. The van der Waals surface area contributed by atoms with Crippen molar-refractivity contribution >= 4 is 29.4 Å². The summed E-state index contributed by atoms with van der Waals surface area (Å²) in [6.45, 7) is 7.14. The average molecular weight is 355 g/mol. The van der Waals surface area contributed by atoms with Crippen LogP contribution in [0.4, 0.5) is 0 Å². The van der Waals surface area contributed by atoms with Crippen LogP contribution in [0.1, 0.15) is 44.5 Å². The second-order valence-electron chi connectivity index (χ2n) is 6.38. The van der Waals surface area contributed by atoms with Crippen LogP contribution in [-0.2, 0) is 14.3 Å². The molecule has 1 rings (SSSR count). The van der Waals surface area contributed by atoms with Gasteiger partial charge in [-0.05, 0) is 52.0 Å². The van der Waals surface area contributed by atoms with Crippen molar-refractivity contribution in [3.63, 3.8) is 0 Å². The Morgan fingerprint density at radius 3 is 2.29 bits per heavy atom. The van der Waals surface area contributed by atoms with Gasteiger partial charge in [0.05, 0.1) is 6.42 Å². The molecular formula is C17H23ClN2O4.